The number of ether oxygens (including phenoxy) is 3. The fourth-order valence-electron chi connectivity index (χ4n) is 9.29. The predicted octanol–water partition coefficient (Wildman–Crippen LogP) is 5.05. The molecule has 65 heavy (non-hydrogen) atoms. The molecule has 0 bridgehead atoms. The number of sulfonamides is 1. The number of carbonyl (C=O) groups excluding carboxylic acids is 4. The minimum Gasteiger partial charge on any atom is -0.493 e. The van der Waals surface area contributed by atoms with Gasteiger partial charge in [0.1, 0.15) is 23.4 Å². The highest BCUT2D eigenvalue weighted by Gasteiger charge is 2.59. The minimum absolute atomic E-state index is 0.00742. The molecule has 0 unspecified atom stereocenters. The van der Waals surface area contributed by atoms with E-state index in [0.29, 0.717) is 62.2 Å². The van der Waals surface area contributed by atoms with Gasteiger partial charge in [-0.15, -0.1) is 0 Å². The predicted molar refractivity (Wildman–Crippen MR) is 232 cm³/mol. The summed E-state index contributed by atoms with van der Waals surface area (Å²) in [7, 11) is -4.18. The van der Waals surface area contributed by atoms with Crippen LogP contribution in [0.4, 0.5) is 18.0 Å². The molecule has 8 rings (SSSR count). The second-order valence-electron chi connectivity index (χ2n) is 19.1. The van der Waals surface area contributed by atoms with Gasteiger partial charge in [0.15, 0.2) is 17.0 Å². The highest BCUT2D eigenvalue weighted by Crippen LogP contribution is 2.49. The summed E-state index contributed by atoms with van der Waals surface area (Å²) < 4.78 is 90.7. The molecule has 4 N–H and O–H groups in total. The molecule has 1 spiro atoms. The first-order chi connectivity index (χ1) is 30.8. The third kappa shape index (κ3) is 9.61. The monoisotopic (exact) mass is 926 g/mol. The van der Waals surface area contributed by atoms with Gasteiger partial charge in [0.05, 0.1) is 35.9 Å². The Hall–Kier alpha value is -5.09. The van der Waals surface area contributed by atoms with Crippen LogP contribution in [0.25, 0.3) is 10.9 Å². The van der Waals surface area contributed by atoms with Crippen LogP contribution >= 0.6 is 0 Å². The molecule has 1 saturated carbocycles. The summed E-state index contributed by atoms with van der Waals surface area (Å²) in [5, 5.41) is 9.11. The van der Waals surface area contributed by atoms with Crippen molar-refractivity contribution in [2.75, 3.05) is 32.8 Å². The van der Waals surface area contributed by atoms with Crippen molar-refractivity contribution in [3.8, 4) is 23.3 Å². The van der Waals surface area contributed by atoms with Crippen LogP contribution in [-0.2, 0) is 41.7 Å². The Morgan fingerprint density at radius 2 is 1.86 bits per heavy atom. The molecule has 5 heterocycles. The van der Waals surface area contributed by atoms with Crippen LogP contribution < -0.4 is 30.1 Å². The first-order valence-electron chi connectivity index (χ1n) is 22.7. The van der Waals surface area contributed by atoms with E-state index in [1.807, 2.05) is 13.8 Å². The number of nitrogens with one attached hydrogen (secondary N) is 4. The molecule has 2 aromatic rings. The number of piperidine rings is 1. The fourth-order valence-corrected chi connectivity index (χ4v) is 10.6. The standard InChI is InChI=1S/C46H57F3N6O9S/c1-28(2)25-63-42(59)52-35-10-8-6-4-5-7-9-30-13-18-45(30,41(58)54-65(60,61)43(3)19-20-43)53-39(56)36-24-44(27-55(36)40(35)57)17-14-32-33-23-31(62-26-29-15-21-50-22-16-29)11-12-34(33)51-38(37(32)64-44)46(47,48)49/h7,9,11-12,23,28-30,35-36,50H,4-6,8,10,14-17,19-22,24-27H2,1-3H3,(H,52,59)(H,53,56)(H,54,58)/b9-7-/t30-,35+,36+,44-,45-/m1/s1. The largest absolute Gasteiger partial charge is 0.493 e. The molecule has 352 valence electrons. The zero-order valence-corrected chi connectivity index (χ0v) is 37.7. The summed E-state index contributed by atoms with van der Waals surface area (Å²) in [6.07, 6.45) is 2.49. The lowest BCUT2D eigenvalue weighted by Crippen LogP contribution is -2.68. The summed E-state index contributed by atoms with van der Waals surface area (Å²) in [6, 6.07) is 2.11. The maximum absolute atomic E-state index is 15.0. The molecule has 4 aliphatic heterocycles. The fraction of sp³-hybridized carbons (Fsp3) is 0.630. The van der Waals surface area contributed by atoms with E-state index < -0.39 is 85.3 Å². The molecular formula is C46H57F3N6O9S. The van der Waals surface area contributed by atoms with Crippen molar-refractivity contribution in [2.45, 2.75) is 132 Å². The zero-order valence-electron chi connectivity index (χ0n) is 36.9. The van der Waals surface area contributed by atoms with Gasteiger partial charge in [-0.2, -0.15) is 13.2 Å². The Bertz CT molecular complexity index is 2430. The number of amides is 4. The molecule has 19 heteroatoms. The number of fused-ring (bicyclic) bond motifs is 5. The van der Waals surface area contributed by atoms with Gasteiger partial charge in [0, 0.05) is 17.4 Å². The minimum atomic E-state index is -4.95. The lowest BCUT2D eigenvalue weighted by atomic mass is 9.75. The first kappa shape index (κ1) is 46.4. The molecule has 2 aliphatic carbocycles. The maximum atomic E-state index is 15.0. The van der Waals surface area contributed by atoms with Crippen LogP contribution in [0.5, 0.6) is 11.5 Å². The zero-order chi connectivity index (χ0) is 46.4. The van der Waals surface area contributed by atoms with Crippen molar-refractivity contribution < 1.29 is 55.0 Å². The van der Waals surface area contributed by atoms with Crippen molar-refractivity contribution in [1.29, 1.82) is 0 Å². The topological polar surface area (TPSA) is 194 Å². The van der Waals surface area contributed by atoms with Crippen molar-refractivity contribution in [3.05, 3.63) is 41.6 Å². The van der Waals surface area contributed by atoms with Gasteiger partial charge < -0.3 is 35.1 Å². The number of benzene rings is 1. The number of hydrogen-bond acceptors (Lipinski definition) is 11. The highest BCUT2D eigenvalue weighted by atomic mass is 32.2. The second-order valence-corrected chi connectivity index (χ2v) is 21.3. The molecule has 3 fully saturated rings. The third-order valence-electron chi connectivity index (χ3n) is 13.6. The number of alkyl carbamates (subject to hydrolysis) is 1. The quantitative estimate of drug-likeness (QED) is 0.194. The SMILES string of the molecule is CC(C)COC(=O)N[C@H]1CCCCC/C=C\[C@@H]2C#C[C@@]2(C(=O)NS(=O)(=O)C2(C)CC2)NC(=O)[C@@H]2C[C@]3(CCc4c(c(C(F)(F)F)nc5ccc(OCC6CCNCC6)cc45)O3)CN2C1=O. The number of alkyl halides is 3. The summed E-state index contributed by atoms with van der Waals surface area (Å²) in [5.74, 6) is 2.26. The smallest absolute Gasteiger partial charge is 0.437 e. The lowest BCUT2D eigenvalue weighted by Gasteiger charge is -2.38. The number of allylic oxidation sites excluding steroid dienone is 1. The van der Waals surface area contributed by atoms with E-state index >= 15 is 13.2 Å². The van der Waals surface area contributed by atoms with E-state index in [1.165, 1.54) is 17.9 Å². The van der Waals surface area contributed by atoms with E-state index in [0.717, 1.165) is 25.9 Å². The van der Waals surface area contributed by atoms with Crippen LogP contribution in [0.1, 0.15) is 103 Å². The number of hydrogen-bond donors (Lipinski definition) is 4. The van der Waals surface area contributed by atoms with E-state index in [-0.39, 0.29) is 55.8 Å². The van der Waals surface area contributed by atoms with E-state index in [1.54, 1.807) is 24.3 Å². The first-order valence-corrected chi connectivity index (χ1v) is 24.2. The maximum Gasteiger partial charge on any atom is 0.437 e. The van der Waals surface area contributed by atoms with Crippen LogP contribution in [0.15, 0.2) is 30.4 Å². The number of carbonyl (C=O) groups is 4. The number of rotatable bonds is 9. The Labute approximate surface area is 376 Å². The van der Waals surface area contributed by atoms with Gasteiger partial charge in [0.2, 0.25) is 21.8 Å². The Balaban J connectivity index is 1.15. The number of aryl methyl sites for hydroxylation is 1. The van der Waals surface area contributed by atoms with E-state index in [9.17, 15) is 27.6 Å². The average Bonchev–Trinajstić information content (AvgIpc) is 3.93. The van der Waals surface area contributed by atoms with Gasteiger partial charge in [-0.05, 0) is 108 Å². The van der Waals surface area contributed by atoms with Gasteiger partial charge in [-0.25, -0.2) is 22.9 Å². The number of nitrogens with zero attached hydrogens (tertiary/aromatic N) is 2. The van der Waals surface area contributed by atoms with Crippen LogP contribution in [0.3, 0.4) is 0 Å². The van der Waals surface area contributed by atoms with Crippen molar-refractivity contribution in [1.82, 2.24) is 30.6 Å². The summed E-state index contributed by atoms with van der Waals surface area (Å²) in [6.45, 7) is 7.12. The summed E-state index contributed by atoms with van der Waals surface area (Å²) in [4.78, 5) is 62.2. The van der Waals surface area contributed by atoms with Gasteiger partial charge >= 0.3 is 12.3 Å². The average molecular weight is 927 g/mol. The Kier molecular flexibility index (Phi) is 12.8. The number of halogens is 3. The number of pyridine rings is 1. The normalized spacial score (nSPS) is 28.4. The molecule has 0 radical (unpaired) electrons. The molecule has 6 aliphatic rings. The van der Waals surface area contributed by atoms with Crippen molar-refractivity contribution in [3.63, 3.8) is 0 Å². The van der Waals surface area contributed by atoms with Crippen LogP contribution in [-0.4, -0.2) is 103 Å². The molecule has 15 nitrogen and oxygen atoms in total. The molecule has 1 aromatic heterocycles. The second kappa shape index (κ2) is 17.9. The highest BCUT2D eigenvalue weighted by molar-refractivity contribution is 7.91. The number of aromatic nitrogens is 1. The van der Waals surface area contributed by atoms with E-state index in [2.05, 4.69) is 37.5 Å². The molecular weight excluding hydrogens is 870 g/mol. The van der Waals surface area contributed by atoms with Gasteiger partial charge in [-0.3, -0.25) is 14.4 Å². The molecule has 4 amide bonds. The van der Waals surface area contributed by atoms with Gasteiger partial charge in [0.25, 0.3) is 5.91 Å². The van der Waals surface area contributed by atoms with Gasteiger partial charge in [-0.1, -0.05) is 50.7 Å². The van der Waals surface area contributed by atoms with Crippen molar-refractivity contribution >= 4 is 44.7 Å². The summed E-state index contributed by atoms with van der Waals surface area (Å²) >= 11 is 0. The lowest BCUT2D eigenvalue weighted by molar-refractivity contribution is -0.144. The summed E-state index contributed by atoms with van der Waals surface area (Å²) in [5.41, 5.74) is -4.52. The van der Waals surface area contributed by atoms with Crippen LogP contribution in [0.2, 0.25) is 0 Å². The molecule has 1 aromatic carbocycles. The van der Waals surface area contributed by atoms with E-state index in [4.69, 9.17) is 14.2 Å². The van der Waals surface area contributed by atoms with Crippen molar-refractivity contribution in [2.24, 2.45) is 17.8 Å². The molecule has 5 atom stereocenters. The Morgan fingerprint density at radius 1 is 1.09 bits per heavy atom. The molecule has 2 saturated heterocycles. The van der Waals surface area contributed by atoms with Crippen LogP contribution in [0, 0.1) is 29.6 Å². The Morgan fingerprint density at radius 3 is 2.55 bits per heavy atom. The third-order valence-corrected chi connectivity index (χ3v) is 15.8.